The molecule has 2 rings (SSSR count). The second-order valence-electron chi connectivity index (χ2n) is 6.15. The van der Waals surface area contributed by atoms with Crippen molar-refractivity contribution in [1.82, 2.24) is 9.99 Å². The van der Waals surface area contributed by atoms with Gasteiger partial charge in [-0.3, -0.25) is 10.4 Å². The van der Waals surface area contributed by atoms with E-state index >= 15 is 0 Å². The number of hydrazine groups is 1. The van der Waals surface area contributed by atoms with Gasteiger partial charge in [0.1, 0.15) is 5.75 Å². The second-order valence-corrected chi connectivity index (χ2v) is 6.15. The number of rotatable bonds is 8. The van der Waals surface area contributed by atoms with Crippen LogP contribution in [0.1, 0.15) is 31.7 Å². The third-order valence-corrected chi connectivity index (χ3v) is 3.89. The molecule has 1 aromatic carbocycles. The predicted octanol–water partition coefficient (Wildman–Crippen LogP) is 2.61. The van der Waals surface area contributed by atoms with Gasteiger partial charge in [0.05, 0.1) is 7.11 Å². The monoisotopic (exact) mass is 417 g/mol. The fourth-order valence-corrected chi connectivity index (χ4v) is 2.34. The number of aromatic nitrogens is 1. The van der Waals surface area contributed by atoms with Gasteiger partial charge in [0.15, 0.2) is 0 Å². The predicted molar refractivity (Wildman–Crippen MR) is 115 cm³/mol. The molecule has 6 N–H and O–H groups in total. The molecule has 162 valence electrons. The van der Waals surface area contributed by atoms with Gasteiger partial charge in [0.2, 0.25) is 5.96 Å². The summed E-state index contributed by atoms with van der Waals surface area (Å²) in [6, 6.07) is 5.80. The summed E-state index contributed by atoms with van der Waals surface area (Å²) in [4.78, 5) is 26.4. The molecule has 0 atom stereocenters. The maximum atomic E-state index is 9.55. The minimum absolute atomic E-state index is 0.0633. The van der Waals surface area contributed by atoms with Gasteiger partial charge < -0.3 is 19.9 Å². The topological polar surface area (TPSA) is 165 Å². The van der Waals surface area contributed by atoms with Crippen LogP contribution in [0.25, 0.3) is 10.9 Å². The number of guanidine groups is 1. The molecule has 0 amide bonds. The number of aliphatic carboxylic acids is 2. The molecule has 0 fully saturated rings. The highest BCUT2D eigenvalue weighted by atomic mass is 16.5. The number of methoxy groups -OCH3 is 1. The number of hydrogen-bond acceptors (Lipinski definition) is 5. The Balaban J connectivity index is 0.000000479. The van der Waals surface area contributed by atoms with E-state index in [1.165, 1.54) is 5.01 Å². The summed E-state index contributed by atoms with van der Waals surface area (Å²) < 4.78 is 5.24. The van der Waals surface area contributed by atoms with E-state index in [4.69, 9.17) is 26.2 Å². The van der Waals surface area contributed by atoms with E-state index in [9.17, 15) is 9.59 Å². The van der Waals surface area contributed by atoms with E-state index in [0.29, 0.717) is 18.7 Å². The standard InChI is InChI=1S/C16H23N5O.C4H4O4/c1-3-4-5-8-21(18)16(17)20-11-12-10-19-15-7-6-13(22-2)9-14(12)15;5-3(6)1-2-4(7)8/h6-7,9-11,17,19H,3-5,8,18H2,1-2H3;1-2H,(H,5,6)(H,7,8)/b;2-1-. The lowest BCUT2D eigenvalue weighted by molar-refractivity contribution is -0.134. The summed E-state index contributed by atoms with van der Waals surface area (Å²) >= 11 is 0. The van der Waals surface area contributed by atoms with Crippen molar-refractivity contribution in [3.8, 4) is 5.75 Å². The zero-order valence-corrected chi connectivity index (χ0v) is 17.0. The number of nitrogens with two attached hydrogens (primary N) is 1. The van der Waals surface area contributed by atoms with Gasteiger partial charge >= 0.3 is 11.9 Å². The quantitative estimate of drug-likeness (QED) is 0.110. The highest BCUT2D eigenvalue weighted by Crippen LogP contribution is 2.22. The van der Waals surface area contributed by atoms with Crippen molar-refractivity contribution in [2.75, 3.05) is 13.7 Å². The normalized spacial score (nSPS) is 10.8. The fourth-order valence-electron chi connectivity index (χ4n) is 2.34. The van der Waals surface area contributed by atoms with E-state index in [-0.39, 0.29) is 5.96 Å². The Kier molecular flexibility index (Phi) is 10.3. The molecule has 0 saturated heterocycles. The van der Waals surface area contributed by atoms with E-state index in [1.807, 2.05) is 24.4 Å². The summed E-state index contributed by atoms with van der Waals surface area (Å²) in [5, 5.41) is 25.9. The molecule has 0 saturated carbocycles. The molecule has 0 radical (unpaired) electrons. The third kappa shape index (κ3) is 8.57. The van der Waals surface area contributed by atoms with Gasteiger partial charge in [-0.15, -0.1) is 0 Å². The number of unbranched alkanes of at least 4 members (excludes halogenated alkanes) is 2. The summed E-state index contributed by atoms with van der Waals surface area (Å²) in [5.74, 6) is 4.16. The molecular formula is C20H27N5O5. The molecule has 1 heterocycles. The third-order valence-electron chi connectivity index (χ3n) is 3.89. The Morgan fingerprint density at radius 1 is 1.27 bits per heavy atom. The number of aromatic amines is 1. The van der Waals surface area contributed by atoms with Crippen molar-refractivity contribution in [2.45, 2.75) is 26.2 Å². The van der Waals surface area contributed by atoms with Gasteiger partial charge in [-0.1, -0.05) is 19.8 Å². The number of fused-ring (bicyclic) bond motifs is 1. The second kappa shape index (κ2) is 12.7. The lowest BCUT2D eigenvalue weighted by Crippen LogP contribution is -2.36. The van der Waals surface area contributed by atoms with Crippen LogP contribution in [0.5, 0.6) is 5.75 Å². The lowest BCUT2D eigenvalue weighted by Gasteiger charge is -2.15. The number of carboxylic acids is 2. The Morgan fingerprint density at radius 2 is 1.93 bits per heavy atom. The highest BCUT2D eigenvalue weighted by molar-refractivity contribution is 6.02. The number of ether oxygens (including phenoxy) is 1. The number of hydrogen-bond donors (Lipinski definition) is 5. The van der Waals surface area contributed by atoms with Crippen molar-refractivity contribution in [2.24, 2.45) is 10.8 Å². The van der Waals surface area contributed by atoms with Crippen LogP contribution in [0.4, 0.5) is 0 Å². The first-order chi connectivity index (χ1) is 14.3. The Bertz CT molecular complexity index is 903. The molecule has 0 bridgehead atoms. The average Bonchev–Trinajstić information content (AvgIpc) is 3.13. The maximum Gasteiger partial charge on any atom is 0.328 e. The molecule has 2 aromatic rings. The van der Waals surface area contributed by atoms with Crippen molar-refractivity contribution in [1.29, 1.82) is 5.41 Å². The molecule has 30 heavy (non-hydrogen) atoms. The van der Waals surface area contributed by atoms with Gasteiger partial charge in [-0.05, 0) is 24.6 Å². The van der Waals surface area contributed by atoms with Gasteiger partial charge in [-0.25, -0.2) is 20.4 Å². The van der Waals surface area contributed by atoms with Crippen LogP contribution < -0.4 is 10.6 Å². The number of nitrogens with one attached hydrogen (secondary N) is 2. The molecule has 1 aromatic heterocycles. The Labute approximate surface area is 174 Å². The van der Waals surface area contributed by atoms with Crippen LogP contribution in [-0.2, 0) is 9.59 Å². The van der Waals surface area contributed by atoms with Crippen molar-refractivity contribution >= 4 is 35.0 Å². The zero-order chi connectivity index (χ0) is 22.5. The summed E-state index contributed by atoms with van der Waals surface area (Å²) in [7, 11) is 1.64. The van der Waals surface area contributed by atoms with E-state index in [1.54, 1.807) is 13.3 Å². The van der Waals surface area contributed by atoms with Crippen molar-refractivity contribution < 1.29 is 24.5 Å². The zero-order valence-electron chi connectivity index (χ0n) is 17.0. The smallest absolute Gasteiger partial charge is 0.328 e. The number of H-pyrrole nitrogens is 1. The molecular weight excluding hydrogens is 390 g/mol. The molecule has 0 aliphatic rings. The number of aliphatic imine (C=N–C) groups is 1. The molecule has 10 nitrogen and oxygen atoms in total. The first-order valence-electron chi connectivity index (χ1n) is 9.22. The summed E-state index contributed by atoms with van der Waals surface area (Å²) in [5.41, 5.74) is 1.90. The van der Waals surface area contributed by atoms with Crippen LogP contribution in [-0.4, -0.2) is 58.0 Å². The Hall–Kier alpha value is -3.66. The van der Waals surface area contributed by atoms with Crippen molar-refractivity contribution in [3.63, 3.8) is 0 Å². The van der Waals surface area contributed by atoms with Crippen LogP contribution in [0, 0.1) is 5.41 Å². The summed E-state index contributed by atoms with van der Waals surface area (Å²) in [6.07, 6.45) is 7.83. The number of nitrogens with zero attached hydrogens (tertiary/aromatic N) is 2. The molecule has 0 aliphatic carbocycles. The maximum absolute atomic E-state index is 9.55. The Morgan fingerprint density at radius 3 is 2.50 bits per heavy atom. The molecule has 10 heteroatoms. The first kappa shape index (κ1) is 24.4. The largest absolute Gasteiger partial charge is 0.497 e. The highest BCUT2D eigenvalue weighted by Gasteiger charge is 2.05. The molecule has 0 unspecified atom stereocenters. The number of carbonyl (C=O) groups is 2. The van der Waals surface area contributed by atoms with Gasteiger partial charge in [0.25, 0.3) is 0 Å². The first-order valence-corrected chi connectivity index (χ1v) is 9.22. The van der Waals surface area contributed by atoms with E-state index in [0.717, 1.165) is 41.5 Å². The minimum Gasteiger partial charge on any atom is -0.497 e. The van der Waals surface area contributed by atoms with E-state index < -0.39 is 11.9 Å². The minimum atomic E-state index is -1.26. The average molecular weight is 417 g/mol. The molecule has 0 aliphatic heterocycles. The van der Waals surface area contributed by atoms with Crippen LogP contribution in [0.3, 0.4) is 0 Å². The van der Waals surface area contributed by atoms with Gasteiger partial charge in [0, 0.05) is 47.6 Å². The van der Waals surface area contributed by atoms with Crippen molar-refractivity contribution in [3.05, 3.63) is 42.1 Å². The molecule has 0 spiro atoms. The fraction of sp³-hybridized carbons (Fsp3) is 0.300. The lowest BCUT2D eigenvalue weighted by atomic mass is 10.2. The van der Waals surface area contributed by atoms with E-state index in [2.05, 4.69) is 16.9 Å². The van der Waals surface area contributed by atoms with Crippen LogP contribution >= 0.6 is 0 Å². The SMILES string of the molecule is CCCCCN(N)C(=N)N=Cc1c[nH]c2ccc(OC)cc12.O=C(O)/C=C\C(=O)O. The number of benzene rings is 1. The van der Waals surface area contributed by atoms with Crippen LogP contribution in [0.15, 0.2) is 41.5 Å². The van der Waals surface area contributed by atoms with Gasteiger partial charge in [-0.2, -0.15) is 0 Å². The summed E-state index contributed by atoms with van der Waals surface area (Å²) in [6.45, 7) is 2.78. The van der Waals surface area contributed by atoms with Crippen LogP contribution in [0.2, 0.25) is 0 Å². The number of carboxylic acid groups (broad SMARTS) is 2.